The second kappa shape index (κ2) is 8.81. The van der Waals surface area contributed by atoms with Gasteiger partial charge in [0, 0.05) is 18.7 Å². The lowest BCUT2D eigenvalue weighted by molar-refractivity contribution is -0.386. The zero-order chi connectivity index (χ0) is 19.3. The van der Waals surface area contributed by atoms with Gasteiger partial charge in [-0.2, -0.15) is 4.98 Å². The van der Waals surface area contributed by atoms with Crippen LogP contribution in [0.1, 0.15) is 24.2 Å². The van der Waals surface area contributed by atoms with Crippen molar-refractivity contribution in [2.24, 2.45) is 0 Å². The number of thioether (sulfide) groups is 1. The molecule has 1 amide bonds. The van der Waals surface area contributed by atoms with Gasteiger partial charge in [0.15, 0.2) is 5.16 Å². The number of nitro groups is 1. The molecule has 0 spiro atoms. The van der Waals surface area contributed by atoms with Gasteiger partial charge in [0.05, 0.1) is 4.92 Å². The lowest BCUT2D eigenvalue weighted by atomic mass is 10.2. The minimum absolute atomic E-state index is 0.152. The van der Waals surface area contributed by atoms with Gasteiger partial charge in [-0.05, 0) is 38.3 Å². The number of ether oxygens (including phenoxy) is 1. The highest BCUT2D eigenvalue weighted by Crippen LogP contribution is 2.36. The van der Waals surface area contributed by atoms with Gasteiger partial charge in [0.2, 0.25) is 5.15 Å². The first-order chi connectivity index (χ1) is 12.4. The van der Waals surface area contributed by atoms with Crippen LogP contribution in [0.4, 0.5) is 5.69 Å². The molecule has 0 saturated carbocycles. The molecule has 8 nitrogen and oxygen atoms in total. The topological polar surface area (TPSA) is 98.5 Å². The van der Waals surface area contributed by atoms with Crippen molar-refractivity contribution in [3.63, 3.8) is 0 Å². The second-order valence-corrected chi connectivity index (χ2v) is 6.15. The van der Waals surface area contributed by atoms with Crippen LogP contribution in [0.5, 0.6) is 11.6 Å². The number of rotatable bonds is 7. The van der Waals surface area contributed by atoms with Crippen LogP contribution in [0.15, 0.2) is 29.4 Å². The fourth-order valence-corrected chi connectivity index (χ4v) is 2.84. The molecule has 0 aliphatic rings. The maximum absolute atomic E-state index is 12.5. The van der Waals surface area contributed by atoms with Crippen molar-refractivity contribution in [2.75, 3.05) is 19.3 Å². The predicted molar refractivity (Wildman–Crippen MR) is 99.2 cm³/mol. The highest BCUT2D eigenvalue weighted by atomic mass is 35.5. The SMILES string of the molecule is CCN(CC)C(=O)c1cccc(Oc2nc(SC)nc(Cl)c2[N+](=O)[O-])c1. The molecule has 0 fully saturated rings. The quantitative estimate of drug-likeness (QED) is 0.229. The molecule has 0 saturated heterocycles. The van der Waals surface area contributed by atoms with E-state index in [1.54, 1.807) is 29.4 Å². The van der Waals surface area contributed by atoms with E-state index in [9.17, 15) is 14.9 Å². The third-order valence-electron chi connectivity index (χ3n) is 3.50. The summed E-state index contributed by atoms with van der Waals surface area (Å²) in [6.07, 6.45) is 1.71. The number of amides is 1. The second-order valence-electron chi connectivity index (χ2n) is 5.02. The third-order valence-corrected chi connectivity index (χ3v) is 4.31. The third kappa shape index (κ3) is 4.41. The highest BCUT2D eigenvalue weighted by molar-refractivity contribution is 7.98. The van der Waals surface area contributed by atoms with E-state index in [4.69, 9.17) is 16.3 Å². The van der Waals surface area contributed by atoms with E-state index in [1.165, 1.54) is 17.8 Å². The Bertz CT molecular complexity index is 830. The zero-order valence-corrected chi connectivity index (χ0v) is 16.0. The smallest absolute Gasteiger partial charge is 0.368 e. The molecule has 0 aliphatic carbocycles. The van der Waals surface area contributed by atoms with Crippen molar-refractivity contribution in [2.45, 2.75) is 19.0 Å². The molecule has 0 aliphatic heterocycles. The molecular formula is C16H17ClN4O4S. The summed E-state index contributed by atoms with van der Waals surface area (Å²) in [6.45, 7) is 4.92. The maximum atomic E-state index is 12.5. The van der Waals surface area contributed by atoms with Crippen molar-refractivity contribution in [1.82, 2.24) is 14.9 Å². The van der Waals surface area contributed by atoms with Gasteiger partial charge >= 0.3 is 11.6 Å². The Morgan fingerprint density at radius 2 is 2.04 bits per heavy atom. The molecule has 0 atom stereocenters. The zero-order valence-electron chi connectivity index (χ0n) is 14.4. The summed E-state index contributed by atoms with van der Waals surface area (Å²) in [5.41, 5.74) is -0.107. The van der Waals surface area contributed by atoms with Crippen molar-refractivity contribution in [3.05, 3.63) is 45.1 Å². The first kappa shape index (κ1) is 19.9. The van der Waals surface area contributed by atoms with E-state index in [-0.39, 0.29) is 27.8 Å². The van der Waals surface area contributed by atoms with Gasteiger partial charge < -0.3 is 9.64 Å². The van der Waals surface area contributed by atoms with Crippen LogP contribution >= 0.6 is 23.4 Å². The number of hydrogen-bond donors (Lipinski definition) is 0. The Hall–Kier alpha value is -2.39. The van der Waals surface area contributed by atoms with Crippen LogP contribution in [0.2, 0.25) is 5.15 Å². The minimum Gasteiger partial charge on any atom is -0.434 e. The van der Waals surface area contributed by atoms with E-state index in [1.807, 2.05) is 13.8 Å². The summed E-state index contributed by atoms with van der Waals surface area (Å²) in [5.74, 6) is -0.180. The largest absolute Gasteiger partial charge is 0.434 e. The minimum atomic E-state index is -0.702. The lowest BCUT2D eigenvalue weighted by Crippen LogP contribution is -2.30. The van der Waals surface area contributed by atoms with E-state index < -0.39 is 10.6 Å². The molecule has 26 heavy (non-hydrogen) atoms. The average molecular weight is 397 g/mol. The Morgan fingerprint density at radius 1 is 1.35 bits per heavy atom. The van der Waals surface area contributed by atoms with E-state index in [2.05, 4.69) is 9.97 Å². The first-order valence-corrected chi connectivity index (χ1v) is 9.34. The van der Waals surface area contributed by atoms with Gasteiger partial charge in [-0.3, -0.25) is 14.9 Å². The summed E-state index contributed by atoms with van der Waals surface area (Å²) in [5, 5.41) is 11.2. The molecule has 0 radical (unpaired) electrons. The molecule has 10 heteroatoms. The number of benzene rings is 1. The van der Waals surface area contributed by atoms with E-state index >= 15 is 0 Å². The van der Waals surface area contributed by atoms with Gasteiger partial charge in [0.1, 0.15) is 5.75 Å². The molecule has 2 rings (SSSR count). The van der Waals surface area contributed by atoms with Gasteiger partial charge in [-0.25, -0.2) is 4.98 Å². The van der Waals surface area contributed by atoms with Gasteiger partial charge in [-0.1, -0.05) is 29.4 Å². The Labute approximate surface area is 159 Å². The Balaban J connectivity index is 2.40. The monoisotopic (exact) mass is 396 g/mol. The van der Waals surface area contributed by atoms with E-state index in [0.717, 1.165) is 0 Å². The van der Waals surface area contributed by atoms with Crippen molar-refractivity contribution >= 4 is 35.0 Å². The van der Waals surface area contributed by atoms with Gasteiger partial charge in [-0.15, -0.1) is 0 Å². The number of carbonyl (C=O) groups is 1. The van der Waals surface area contributed by atoms with Crippen molar-refractivity contribution in [3.8, 4) is 11.6 Å². The normalized spacial score (nSPS) is 10.5. The summed E-state index contributed by atoms with van der Waals surface area (Å²) in [6, 6.07) is 6.38. The number of aromatic nitrogens is 2. The molecular weight excluding hydrogens is 380 g/mol. The van der Waals surface area contributed by atoms with Crippen LogP contribution in [0.25, 0.3) is 0 Å². The van der Waals surface area contributed by atoms with Crippen LogP contribution in [0.3, 0.4) is 0 Å². The fraction of sp³-hybridized carbons (Fsp3) is 0.312. The summed E-state index contributed by atoms with van der Waals surface area (Å²) in [7, 11) is 0. The Kier molecular flexibility index (Phi) is 6.76. The fourth-order valence-electron chi connectivity index (χ4n) is 2.20. The molecule has 1 aromatic carbocycles. The van der Waals surface area contributed by atoms with Crippen molar-refractivity contribution in [1.29, 1.82) is 0 Å². The number of carbonyl (C=O) groups excluding carboxylic acids is 1. The van der Waals surface area contributed by atoms with Crippen LogP contribution < -0.4 is 4.74 Å². The summed E-state index contributed by atoms with van der Waals surface area (Å²) in [4.78, 5) is 32.5. The van der Waals surface area contributed by atoms with Gasteiger partial charge in [0.25, 0.3) is 5.91 Å². The molecule has 0 bridgehead atoms. The molecule has 0 unspecified atom stereocenters. The number of nitrogens with zero attached hydrogens (tertiary/aromatic N) is 4. The van der Waals surface area contributed by atoms with Crippen LogP contribution in [-0.4, -0.2) is 45.0 Å². The molecule has 1 aromatic heterocycles. The summed E-state index contributed by atoms with van der Waals surface area (Å²) < 4.78 is 5.57. The molecule has 2 aromatic rings. The standard InChI is InChI=1S/C16H17ClN4O4S/c1-4-20(5-2)15(22)10-7-6-8-11(9-10)25-14-12(21(23)24)13(17)18-16(19-14)26-3/h6-9H,4-5H2,1-3H3. The highest BCUT2D eigenvalue weighted by Gasteiger charge is 2.26. The number of hydrogen-bond acceptors (Lipinski definition) is 7. The Morgan fingerprint density at radius 3 is 2.62 bits per heavy atom. The van der Waals surface area contributed by atoms with E-state index in [0.29, 0.717) is 18.7 Å². The summed E-state index contributed by atoms with van der Waals surface area (Å²) >= 11 is 7.06. The molecule has 1 heterocycles. The van der Waals surface area contributed by atoms with Crippen molar-refractivity contribution < 1.29 is 14.5 Å². The average Bonchev–Trinajstić information content (AvgIpc) is 2.62. The number of halogens is 1. The molecule has 138 valence electrons. The lowest BCUT2D eigenvalue weighted by Gasteiger charge is -2.18. The first-order valence-electron chi connectivity index (χ1n) is 7.74. The maximum Gasteiger partial charge on any atom is 0.368 e. The molecule has 0 N–H and O–H groups in total. The van der Waals surface area contributed by atoms with Crippen LogP contribution in [0, 0.1) is 10.1 Å². The predicted octanol–water partition coefficient (Wildman–Crippen LogP) is 4.03. The van der Waals surface area contributed by atoms with Crippen LogP contribution in [-0.2, 0) is 0 Å².